The summed E-state index contributed by atoms with van der Waals surface area (Å²) in [6.45, 7) is 0.667. The van der Waals surface area contributed by atoms with E-state index in [0.717, 1.165) is 6.92 Å². The van der Waals surface area contributed by atoms with Gasteiger partial charge in [0, 0.05) is 6.92 Å². The van der Waals surface area contributed by atoms with E-state index in [9.17, 15) is 19.2 Å². The lowest BCUT2D eigenvalue weighted by atomic mass is 10.1. The molecule has 0 unspecified atom stereocenters. The zero-order valence-electron chi connectivity index (χ0n) is 9.54. The van der Waals surface area contributed by atoms with E-state index in [2.05, 4.69) is 9.47 Å². The van der Waals surface area contributed by atoms with Crippen molar-refractivity contribution in [2.75, 3.05) is 6.61 Å². The second-order valence-corrected chi connectivity index (χ2v) is 3.19. The first-order valence-electron chi connectivity index (χ1n) is 4.98. The third kappa shape index (κ3) is 3.51. The topological polar surface area (TPSA) is 86.7 Å². The van der Waals surface area contributed by atoms with Crippen LogP contribution in [0.25, 0.3) is 0 Å². The van der Waals surface area contributed by atoms with E-state index in [4.69, 9.17) is 0 Å². The summed E-state index contributed by atoms with van der Waals surface area (Å²) < 4.78 is 8.95. The van der Waals surface area contributed by atoms with E-state index in [1.54, 1.807) is 0 Å². The first kappa shape index (κ1) is 13.6. The maximum absolute atomic E-state index is 11.5. The average Bonchev–Trinajstić information content (AvgIpc) is 2.35. The Morgan fingerprint density at radius 3 is 2.17 bits per heavy atom. The molecule has 0 aliphatic carbocycles. The number of hydrogen-bond acceptors (Lipinski definition) is 6. The van der Waals surface area contributed by atoms with Gasteiger partial charge in [-0.2, -0.15) is 0 Å². The van der Waals surface area contributed by atoms with Gasteiger partial charge in [0.2, 0.25) is 0 Å². The van der Waals surface area contributed by atoms with Gasteiger partial charge in [0.15, 0.2) is 6.29 Å². The molecule has 1 aromatic carbocycles. The van der Waals surface area contributed by atoms with Crippen LogP contribution in [0, 0.1) is 0 Å². The average molecular weight is 250 g/mol. The number of hydrogen-bond donors (Lipinski definition) is 0. The van der Waals surface area contributed by atoms with E-state index in [1.807, 2.05) is 0 Å². The third-order valence-corrected chi connectivity index (χ3v) is 1.89. The van der Waals surface area contributed by atoms with Crippen molar-refractivity contribution >= 4 is 24.2 Å². The molecule has 0 amide bonds. The maximum atomic E-state index is 11.5. The van der Waals surface area contributed by atoms with Crippen molar-refractivity contribution in [2.45, 2.75) is 6.92 Å². The molecule has 0 saturated carbocycles. The van der Waals surface area contributed by atoms with Crippen LogP contribution >= 0.6 is 0 Å². The minimum absolute atomic E-state index is 0.0643. The van der Waals surface area contributed by atoms with Gasteiger partial charge in [-0.05, 0) is 12.1 Å². The molecule has 0 heterocycles. The molecular weight excluding hydrogens is 240 g/mol. The molecule has 1 rings (SSSR count). The van der Waals surface area contributed by atoms with Crippen molar-refractivity contribution < 1.29 is 28.7 Å². The second-order valence-electron chi connectivity index (χ2n) is 3.19. The van der Waals surface area contributed by atoms with Crippen LogP contribution in [0.4, 0.5) is 0 Å². The Labute approximate surface area is 102 Å². The number of rotatable bonds is 4. The Balaban J connectivity index is 2.98. The summed E-state index contributed by atoms with van der Waals surface area (Å²) in [6, 6.07) is 5.68. The highest BCUT2D eigenvalue weighted by Crippen LogP contribution is 2.12. The van der Waals surface area contributed by atoms with Gasteiger partial charge in [0.1, 0.15) is 6.61 Å². The van der Waals surface area contributed by atoms with Crippen molar-refractivity contribution in [1.82, 2.24) is 0 Å². The zero-order chi connectivity index (χ0) is 13.5. The number of benzene rings is 1. The first-order chi connectivity index (χ1) is 8.56. The molecule has 0 atom stereocenters. The molecular formula is C12H10O6. The summed E-state index contributed by atoms with van der Waals surface area (Å²) in [5.41, 5.74) is -0.158. The van der Waals surface area contributed by atoms with E-state index in [0.29, 0.717) is 6.29 Å². The van der Waals surface area contributed by atoms with Crippen LogP contribution < -0.4 is 0 Å². The van der Waals surface area contributed by atoms with E-state index < -0.39 is 24.5 Å². The molecule has 6 heteroatoms. The summed E-state index contributed by atoms with van der Waals surface area (Å²) in [7, 11) is 0. The third-order valence-electron chi connectivity index (χ3n) is 1.89. The Morgan fingerprint density at radius 2 is 1.67 bits per heavy atom. The number of aldehydes is 1. The fraction of sp³-hybridized carbons (Fsp3) is 0.167. The molecule has 0 aliphatic rings. The zero-order valence-corrected chi connectivity index (χ0v) is 9.54. The molecule has 0 spiro atoms. The summed E-state index contributed by atoms with van der Waals surface area (Å²) in [5.74, 6) is -2.56. The SMILES string of the molecule is CC(=O)OC(=O)c1ccccc1C(=O)OCC=O. The fourth-order valence-electron chi connectivity index (χ4n) is 1.21. The Hall–Kier alpha value is -2.50. The van der Waals surface area contributed by atoms with Gasteiger partial charge < -0.3 is 9.47 Å². The van der Waals surface area contributed by atoms with Crippen molar-refractivity contribution in [1.29, 1.82) is 0 Å². The largest absolute Gasteiger partial charge is 0.454 e. The van der Waals surface area contributed by atoms with E-state index >= 15 is 0 Å². The van der Waals surface area contributed by atoms with Crippen LogP contribution in [-0.4, -0.2) is 30.8 Å². The van der Waals surface area contributed by atoms with Crippen molar-refractivity contribution in [2.24, 2.45) is 0 Å². The van der Waals surface area contributed by atoms with E-state index in [-0.39, 0.29) is 11.1 Å². The van der Waals surface area contributed by atoms with Crippen LogP contribution in [0.2, 0.25) is 0 Å². The highest BCUT2D eigenvalue weighted by atomic mass is 16.6. The number of esters is 3. The number of carbonyl (C=O) groups excluding carboxylic acids is 4. The fourth-order valence-corrected chi connectivity index (χ4v) is 1.21. The first-order valence-corrected chi connectivity index (χ1v) is 4.98. The van der Waals surface area contributed by atoms with Crippen LogP contribution in [-0.2, 0) is 19.1 Å². The normalized spacial score (nSPS) is 9.39. The molecule has 18 heavy (non-hydrogen) atoms. The van der Waals surface area contributed by atoms with Gasteiger partial charge in [0.25, 0.3) is 0 Å². The number of ether oxygens (including phenoxy) is 2. The Kier molecular flexibility index (Phi) is 4.74. The summed E-state index contributed by atoms with van der Waals surface area (Å²) >= 11 is 0. The molecule has 1 aromatic rings. The summed E-state index contributed by atoms with van der Waals surface area (Å²) in [4.78, 5) is 43.8. The van der Waals surface area contributed by atoms with E-state index in [1.165, 1.54) is 24.3 Å². The number of carbonyl (C=O) groups is 4. The molecule has 0 bridgehead atoms. The molecule has 94 valence electrons. The maximum Gasteiger partial charge on any atom is 0.346 e. The van der Waals surface area contributed by atoms with Gasteiger partial charge >= 0.3 is 17.9 Å². The highest BCUT2D eigenvalue weighted by molar-refractivity contribution is 6.05. The lowest BCUT2D eigenvalue weighted by Gasteiger charge is -2.06. The van der Waals surface area contributed by atoms with Crippen molar-refractivity contribution in [3.8, 4) is 0 Å². The van der Waals surface area contributed by atoms with Crippen LogP contribution in [0.3, 0.4) is 0 Å². The second kappa shape index (κ2) is 6.29. The van der Waals surface area contributed by atoms with Crippen molar-refractivity contribution in [3.63, 3.8) is 0 Å². The molecule has 0 saturated heterocycles. The standard InChI is InChI=1S/C12H10O6/c1-8(14)18-12(16)10-5-3-2-4-9(10)11(15)17-7-6-13/h2-6H,7H2,1H3. The van der Waals surface area contributed by atoms with Crippen LogP contribution in [0.15, 0.2) is 24.3 Å². The van der Waals surface area contributed by atoms with Crippen molar-refractivity contribution in [3.05, 3.63) is 35.4 Å². The molecule has 0 aromatic heterocycles. The molecule has 0 aliphatic heterocycles. The quantitative estimate of drug-likeness (QED) is 0.445. The van der Waals surface area contributed by atoms with Gasteiger partial charge in [0.05, 0.1) is 11.1 Å². The monoisotopic (exact) mass is 250 g/mol. The van der Waals surface area contributed by atoms with Crippen LogP contribution in [0.5, 0.6) is 0 Å². The molecule has 0 radical (unpaired) electrons. The lowest BCUT2D eigenvalue weighted by Crippen LogP contribution is -2.16. The molecule has 6 nitrogen and oxygen atoms in total. The summed E-state index contributed by atoms with van der Waals surface area (Å²) in [5, 5.41) is 0. The minimum atomic E-state index is -0.943. The predicted molar refractivity (Wildman–Crippen MR) is 58.9 cm³/mol. The summed E-state index contributed by atoms with van der Waals surface area (Å²) in [6.07, 6.45) is 0.411. The lowest BCUT2D eigenvalue weighted by molar-refractivity contribution is -0.135. The Morgan fingerprint density at radius 1 is 1.11 bits per heavy atom. The Bertz CT molecular complexity index is 491. The predicted octanol–water partition coefficient (Wildman–Crippen LogP) is 0.746. The van der Waals surface area contributed by atoms with Gasteiger partial charge in [-0.3, -0.25) is 9.59 Å². The molecule has 0 N–H and O–H groups in total. The van der Waals surface area contributed by atoms with Gasteiger partial charge in [-0.1, -0.05) is 12.1 Å². The smallest absolute Gasteiger partial charge is 0.346 e. The van der Waals surface area contributed by atoms with Gasteiger partial charge in [-0.15, -0.1) is 0 Å². The minimum Gasteiger partial charge on any atom is -0.454 e. The molecule has 0 fully saturated rings. The van der Waals surface area contributed by atoms with Gasteiger partial charge in [-0.25, -0.2) is 9.59 Å². The van der Waals surface area contributed by atoms with Crippen LogP contribution in [0.1, 0.15) is 27.6 Å². The highest BCUT2D eigenvalue weighted by Gasteiger charge is 2.19.